The van der Waals surface area contributed by atoms with Crippen molar-refractivity contribution in [3.63, 3.8) is 0 Å². The maximum absolute atomic E-state index is 11.4. The summed E-state index contributed by atoms with van der Waals surface area (Å²) in [4.78, 5) is 11.4. The van der Waals surface area contributed by atoms with Gasteiger partial charge in [0.05, 0.1) is 18.3 Å². The summed E-state index contributed by atoms with van der Waals surface area (Å²) in [5.74, 6) is -0.603. The number of ether oxygens (including phenoxy) is 3. The number of carbonyl (C=O) groups is 1. The van der Waals surface area contributed by atoms with E-state index >= 15 is 0 Å². The van der Waals surface area contributed by atoms with Crippen LogP contribution < -0.4 is 0 Å². The first-order valence-electron chi connectivity index (χ1n) is 9.92. The number of aliphatic hydroxyl groups excluding tert-OH is 3. The number of hydrogen-bond donors (Lipinski definition) is 3. The van der Waals surface area contributed by atoms with E-state index in [1.165, 1.54) is 6.92 Å². The van der Waals surface area contributed by atoms with Gasteiger partial charge in [0.15, 0.2) is 12.4 Å². The monoisotopic (exact) mass is 412 g/mol. The molecule has 0 aromatic rings. The molecule has 7 heteroatoms. The lowest BCUT2D eigenvalue weighted by Crippen LogP contribution is -2.57. The topological polar surface area (TPSA) is 105 Å². The summed E-state index contributed by atoms with van der Waals surface area (Å²) in [7, 11) is 0. The zero-order valence-corrected chi connectivity index (χ0v) is 18.1. The summed E-state index contributed by atoms with van der Waals surface area (Å²) < 4.78 is 16.6. The summed E-state index contributed by atoms with van der Waals surface area (Å²) in [6, 6.07) is 0. The molecule has 1 heterocycles. The van der Waals surface area contributed by atoms with Crippen molar-refractivity contribution >= 4 is 5.97 Å². The van der Waals surface area contributed by atoms with Crippen molar-refractivity contribution in [1.82, 2.24) is 0 Å². The van der Waals surface area contributed by atoms with Crippen LogP contribution in [0, 0.1) is 0 Å². The van der Waals surface area contributed by atoms with Crippen molar-refractivity contribution in [1.29, 1.82) is 0 Å². The molecule has 0 aromatic heterocycles. The van der Waals surface area contributed by atoms with Crippen molar-refractivity contribution in [3.8, 4) is 0 Å². The Kier molecular flexibility index (Phi) is 10.2. The summed E-state index contributed by atoms with van der Waals surface area (Å²) in [5, 5.41) is 30.0. The molecule has 0 aromatic carbocycles. The van der Waals surface area contributed by atoms with Gasteiger partial charge in [0.2, 0.25) is 0 Å². The van der Waals surface area contributed by atoms with E-state index in [4.69, 9.17) is 14.2 Å². The number of carbonyl (C=O) groups excluding carboxylic acids is 1. The number of allylic oxidation sites excluding steroid dienone is 2. The van der Waals surface area contributed by atoms with Crippen LogP contribution in [0.3, 0.4) is 0 Å². The molecular weight excluding hydrogens is 376 g/mol. The van der Waals surface area contributed by atoms with Crippen LogP contribution in [0.25, 0.3) is 0 Å². The van der Waals surface area contributed by atoms with E-state index in [1.807, 2.05) is 39.8 Å². The molecule has 1 fully saturated rings. The first kappa shape index (κ1) is 25.5. The van der Waals surface area contributed by atoms with Gasteiger partial charge in [-0.25, -0.2) is 0 Å². The van der Waals surface area contributed by atoms with Gasteiger partial charge in [-0.15, -0.1) is 6.58 Å². The second-order valence-corrected chi connectivity index (χ2v) is 8.07. The quantitative estimate of drug-likeness (QED) is 0.374. The molecule has 0 saturated carbocycles. The number of esters is 1. The molecule has 0 spiro atoms. The maximum atomic E-state index is 11.4. The SMILES string of the molecule is C=CC(C)(CCC=C(C)CC(O)C=C(C)C)OC1OCC(O)C(O)C1OC(C)=O. The number of aliphatic hydroxyl groups is 3. The Bertz CT molecular complexity index is 608. The first-order valence-corrected chi connectivity index (χ1v) is 9.92. The van der Waals surface area contributed by atoms with Gasteiger partial charge in [0.25, 0.3) is 0 Å². The van der Waals surface area contributed by atoms with Gasteiger partial charge < -0.3 is 29.5 Å². The highest BCUT2D eigenvalue weighted by atomic mass is 16.7. The fraction of sp³-hybridized carbons (Fsp3) is 0.682. The van der Waals surface area contributed by atoms with Crippen molar-refractivity contribution in [2.24, 2.45) is 0 Å². The molecule has 0 aliphatic carbocycles. The van der Waals surface area contributed by atoms with Crippen LogP contribution in [0.2, 0.25) is 0 Å². The molecule has 0 amide bonds. The molecular formula is C22H36O7. The smallest absolute Gasteiger partial charge is 0.303 e. The van der Waals surface area contributed by atoms with Gasteiger partial charge >= 0.3 is 5.97 Å². The minimum absolute atomic E-state index is 0.127. The molecule has 0 bridgehead atoms. The molecule has 6 atom stereocenters. The molecule has 1 aliphatic heterocycles. The van der Waals surface area contributed by atoms with Crippen molar-refractivity contribution in [3.05, 3.63) is 36.0 Å². The summed E-state index contributed by atoms with van der Waals surface area (Å²) in [5.41, 5.74) is 1.33. The Labute approximate surface area is 173 Å². The van der Waals surface area contributed by atoms with Crippen LogP contribution in [0.5, 0.6) is 0 Å². The highest BCUT2D eigenvalue weighted by Gasteiger charge is 2.44. The first-order chi connectivity index (χ1) is 13.5. The van der Waals surface area contributed by atoms with Crippen molar-refractivity contribution < 1.29 is 34.3 Å². The third-order valence-electron chi connectivity index (χ3n) is 4.74. The van der Waals surface area contributed by atoms with E-state index in [1.54, 1.807) is 6.08 Å². The average molecular weight is 413 g/mol. The van der Waals surface area contributed by atoms with Gasteiger partial charge in [-0.1, -0.05) is 29.4 Å². The Hall–Kier alpha value is -1.51. The summed E-state index contributed by atoms with van der Waals surface area (Å²) >= 11 is 0. The number of hydrogen-bond acceptors (Lipinski definition) is 7. The molecule has 1 saturated heterocycles. The Morgan fingerprint density at radius 3 is 2.52 bits per heavy atom. The normalized spacial score (nSPS) is 28.2. The van der Waals surface area contributed by atoms with Gasteiger partial charge in [-0.2, -0.15) is 0 Å². The van der Waals surface area contributed by atoms with E-state index in [-0.39, 0.29) is 6.61 Å². The second kappa shape index (κ2) is 11.6. The molecule has 166 valence electrons. The zero-order chi connectivity index (χ0) is 22.2. The molecule has 1 rings (SSSR count). The van der Waals surface area contributed by atoms with E-state index in [2.05, 4.69) is 6.58 Å². The van der Waals surface area contributed by atoms with E-state index < -0.39 is 42.3 Å². The van der Waals surface area contributed by atoms with Gasteiger partial charge in [0, 0.05) is 6.92 Å². The lowest BCUT2D eigenvalue weighted by molar-refractivity contribution is -0.296. The third-order valence-corrected chi connectivity index (χ3v) is 4.74. The fourth-order valence-corrected chi connectivity index (χ4v) is 3.12. The molecule has 3 N–H and O–H groups in total. The largest absolute Gasteiger partial charge is 0.454 e. The standard InChI is InChI=1S/C22H36O7/c1-7-22(6,10-8-9-15(4)12-17(24)11-14(2)3)29-21-20(28-16(5)23)19(26)18(25)13-27-21/h7,9,11,17-21,24-26H,1,8,10,12-13H2,2-6H3. The predicted octanol–water partition coefficient (Wildman–Crippen LogP) is 2.40. The van der Waals surface area contributed by atoms with Gasteiger partial charge in [-0.05, 0) is 47.0 Å². The van der Waals surface area contributed by atoms with Gasteiger partial charge in [-0.3, -0.25) is 4.79 Å². The summed E-state index contributed by atoms with van der Waals surface area (Å²) in [6.07, 6.45) is 2.17. The van der Waals surface area contributed by atoms with E-state index in [9.17, 15) is 20.1 Å². The van der Waals surface area contributed by atoms with Crippen molar-refractivity contribution in [2.45, 2.75) is 90.2 Å². The van der Waals surface area contributed by atoms with Crippen LogP contribution in [0.1, 0.15) is 53.9 Å². The fourth-order valence-electron chi connectivity index (χ4n) is 3.12. The molecule has 1 aliphatic rings. The highest BCUT2D eigenvalue weighted by Crippen LogP contribution is 2.28. The second-order valence-electron chi connectivity index (χ2n) is 8.07. The lowest BCUT2D eigenvalue weighted by atomic mass is 9.97. The van der Waals surface area contributed by atoms with Crippen molar-refractivity contribution in [2.75, 3.05) is 6.61 Å². The summed E-state index contributed by atoms with van der Waals surface area (Å²) in [6.45, 7) is 12.6. The third kappa shape index (κ3) is 8.80. The van der Waals surface area contributed by atoms with E-state index in [0.717, 1.165) is 11.1 Å². The van der Waals surface area contributed by atoms with Crippen LogP contribution in [-0.2, 0) is 19.0 Å². The molecule has 6 unspecified atom stereocenters. The van der Waals surface area contributed by atoms with Crippen LogP contribution in [0.4, 0.5) is 0 Å². The Balaban J connectivity index is 2.73. The molecule has 0 radical (unpaired) electrons. The maximum Gasteiger partial charge on any atom is 0.303 e. The highest BCUT2D eigenvalue weighted by molar-refractivity contribution is 5.66. The average Bonchev–Trinajstić information content (AvgIpc) is 2.60. The minimum Gasteiger partial charge on any atom is -0.454 e. The van der Waals surface area contributed by atoms with Crippen LogP contribution in [0.15, 0.2) is 36.0 Å². The molecule has 29 heavy (non-hydrogen) atoms. The molecule has 7 nitrogen and oxygen atoms in total. The Morgan fingerprint density at radius 2 is 1.97 bits per heavy atom. The predicted molar refractivity (Wildman–Crippen MR) is 110 cm³/mol. The lowest BCUT2D eigenvalue weighted by Gasteiger charge is -2.40. The van der Waals surface area contributed by atoms with Crippen LogP contribution >= 0.6 is 0 Å². The zero-order valence-electron chi connectivity index (χ0n) is 18.1. The Morgan fingerprint density at radius 1 is 1.31 bits per heavy atom. The van der Waals surface area contributed by atoms with Gasteiger partial charge in [0.1, 0.15) is 12.2 Å². The number of rotatable bonds is 10. The minimum atomic E-state index is -1.30. The van der Waals surface area contributed by atoms with Crippen LogP contribution in [-0.4, -0.2) is 64.2 Å². The van der Waals surface area contributed by atoms with E-state index in [0.29, 0.717) is 19.3 Å².